The summed E-state index contributed by atoms with van der Waals surface area (Å²) < 4.78 is 0. The molecule has 1 aliphatic heterocycles. The van der Waals surface area contributed by atoms with E-state index in [9.17, 15) is 9.59 Å². The van der Waals surface area contributed by atoms with Crippen LogP contribution in [0.5, 0.6) is 0 Å². The van der Waals surface area contributed by atoms with E-state index >= 15 is 0 Å². The summed E-state index contributed by atoms with van der Waals surface area (Å²) in [6.07, 6.45) is 1.14. The van der Waals surface area contributed by atoms with E-state index in [1.807, 2.05) is 4.90 Å². The highest BCUT2D eigenvalue weighted by atomic mass is 16.2. The van der Waals surface area contributed by atoms with E-state index in [2.05, 4.69) is 39.9 Å². The van der Waals surface area contributed by atoms with Crippen molar-refractivity contribution in [1.29, 1.82) is 0 Å². The van der Waals surface area contributed by atoms with Crippen molar-refractivity contribution in [3.63, 3.8) is 0 Å². The molecule has 4 nitrogen and oxygen atoms in total. The molecule has 1 rings (SSSR count). The highest BCUT2D eigenvalue weighted by molar-refractivity contribution is 5.89. The Labute approximate surface area is 116 Å². The van der Waals surface area contributed by atoms with E-state index in [0.717, 1.165) is 13.0 Å². The van der Waals surface area contributed by atoms with Gasteiger partial charge in [0, 0.05) is 19.5 Å². The van der Waals surface area contributed by atoms with Crippen LogP contribution in [0.15, 0.2) is 0 Å². The van der Waals surface area contributed by atoms with Gasteiger partial charge in [-0.2, -0.15) is 0 Å². The molecule has 1 heterocycles. The van der Waals surface area contributed by atoms with Gasteiger partial charge >= 0.3 is 0 Å². The molecule has 0 radical (unpaired) electrons. The van der Waals surface area contributed by atoms with Crippen molar-refractivity contribution >= 4 is 11.8 Å². The number of nitrogens with zero attached hydrogens (tertiary/aromatic N) is 1. The van der Waals surface area contributed by atoms with Gasteiger partial charge in [-0.05, 0) is 24.2 Å². The maximum atomic E-state index is 12.5. The minimum atomic E-state index is -0.339. The third kappa shape index (κ3) is 4.84. The van der Waals surface area contributed by atoms with E-state index in [1.54, 1.807) is 0 Å². The first-order chi connectivity index (χ1) is 8.81. The van der Waals surface area contributed by atoms with Gasteiger partial charge in [-0.1, -0.05) is 34.6 Å². The van der Waals surface area contributed by atoms with Crippen molar-refractivity contribution in [2.24, 2.45) is 17.8 Å². The van der Waals surface area contributed by atoms with E-state index in [1.165, 1.54) is 0 Å². The topological polar surface area (TPSA) is 49.4 Å². The largest absolute Gasteiger partial charge is 0.344 e. The zero-order chi connectivity index (χ0) is 14.6. The van der Waals surface area contributed by atoms with Crippen molar-refractivity contribution in [3.8, 4) is 0 Å². The van der Waals surface area contributed by atoms with Crippen LogP contribution in [0.1, 0.15) is 47.5 Å². The van der Waals surface area contributed by atoms with E-state index in [-0.39, 0.29) is 17.9 Å². The van der Waals surface area contributed by atoms with Crippen LogP contribution in [-0.2, 0) is 9.59 Å². The molecule has 0 bridgehead atoms. The molecule has 2 amide bonds. The average Bonchev–Trinajstić information content (AvgIpc) is 2.42. The molecule has 0 saturated carbocycles. The van der Waals surface area contributed by atoms with Gasteiger partial charge in [-0.3, -0.25) is 9.59 Å². The van der Waals surface area contributed by atoms with Crippen molar-refractivity contribution < 1.29 is 9.59 Å². The second kappa shape index (κ2) is 6.92. The molecule has 19 heavy (non-hydrogen) atoms. The lowest BCUT2D eigenvalue weighted by Gasteiger charge is -2.28. The highest BCUT2D eigenvalue weighted by Crippen LogP contribution is 2.16. The van der Waals surface area contributed by atoms with Gasteiger partial charge < -0.3 is 10.2 Å². The number of carbonyl (C=O) groups excluding carboxylic acids is 2. The fourth-order valence-electron chi connectivity index (χ4n) is 2.27. The highest BCUT2D eigenvalue weighted by Gasteiger charge is 2.31. The fraction of sp³-hybridized carbons (Fsp3) is 0.867. The lowest BCUT2D eigenvalue weighted by atomic mass is 9.96. The first kappa shape index (κ1) is 16.0. The monoisotopic (exact) mass is 268 g/mol. The third-order valence-corrected chi connectivity index (χ3v) is 3.91. The van der Waals surface area contributed by atoms with Crippen molar-refractivity contribution in [2.45, 2.75) is 53.5 Å². The Hall–Kier alpha value is -1.06. The lowest BCUT2D eigenvalue weighted by Crippen LogP contribution is -2.46. The SMILES string of the molecule is CC(C)CC1NC(=O)CCN(CC(C)C(C)C)C1=O. The van der Waals surface area contributed by atoms with Crippen molar-refractivity contribution in [2.75, 3.05) is 13.1 Å². The summed E-state index contributed by atoms with van der Waals surface area (Å²) in [6, 6.07) is -0.339. The minimum Gasteiger partial charge on any atom is -0.344 e. The zero-order valence-corrected chi connectivity index (χ0v) is 12.9. The van der Waals surface area contributed by atoms with Crippen LogP contribution in [0.4, 0.5) is 0 Å². The molecule has 4 heteroatoms. The molecule has 2 atom stereocenters. The summed E-state index contributed by atoms with van der Waals surface area (Å²) in [5, 5.41) is 2.86. The number of hydrogen-bond donors (Lipinski definition) is 1. The molecule has 1 fully saturated rings. The average molecular weight is 268 g/mol. The van der Waals surface area contributed by atoms with Crippen LogP contribution in [0.2, 0.25) is 0 Å². The molecule has 1 saturated heterocycles. The van der Waals surface area contributed by atoms with Crippen LogP contribution in [0, 0.1) is 17.8 Å². The quantitative estimate of drug-likeness (QED) is 0.829. The second-order valence-electron chi connectivity index (χ2n) is 6.51. The Kier molecular flexibility index (Phi) is 5.83. The van der Waals surface area contributed by atoms with Gasteiger partial charge in [0.05, 0.1) is 0 Å². The predicted molar refractivity (Wildman–Crippen MR) is 76.6 cm³/mol. The van der Waals surface area contributed by atoms with Crippen LogP contribution < -0.4 is 5.32 Å². The molecule has 0 spiro atoms. The van der Waals surface area contributed by atoms with Gasteiger partial charge in [-0.25, -0.2) is 0 Å². The third-order valence-electron chi connectivity index (χ3n) is 3.91. The summed E-state index contributed by atoms with van der Waals surface area (Å²) in [5.74, 6) is 1.49. The summed E-state index contributed by atoms with van der Waals surface area (Å²) >= 11 is 0. The molecule has 2 unspecified atom stereocenters. The number of hydrogen-bond acceptors (Lipinski definition) is 2. The Morgan fingerprint density at radius 3 is 2.37 bits per heavy atom. The fourth-order valence-corrected chi connectivity index (χ4v) is 2.27. The maximum Gasteiger partial charge on any atom is 0.245 e. The first-order valence-electron chi connectivity index (χ1n) is 7.39. The minimum absolute atomic E-state index is 0.00120. The van der Waals surface area contributed by atoms with Gasteiger partial charge in [0.2, 0.25) is 11.8 Å². The van der Waals surface area contributed by atoms with Crippen molar-refractivity contribution in [3.05, 3.63) is 0 Å². The number of rotatable bonds is 5. The summed E-state index contributed by atoms with van der Waals surface area (Å²) in [7, 11) is 0. The molecule has 1 N–H and O–H groups in total. The molecule has 0 aliphatic carbocycles. The smallest absolute Gasteiger partial charge is 0.245 e. The summed E-state index contributed by atoms with van der Waals surface area (Å²) in [6.45, 7) is 12.0. The molecule has 0 aromatic carbocycles. The zero-order valence-electron chi connectivity index (χ0n) is 12.9. The van der Waals surface area contributed by atoms with Gasteiger partial charge in [0.1, 0.15) is 6.04 Å². The normalized spacial score (nSPS) is 22.7. The summed E-state index contributed by atoms with van der Waals surface area (Å²) in [5.41, 5.74) is 0. The number of nitrogens with one attached hydrogen (secondary N) is 1. The standard InChI is InChI=1S/C15H28N2O2/c1-10(2)8-13-15(19)17(7-6-14(18)16-13)9-12(5)11(3)4/h10-13H,6-9H2,1-5H3,(H,16,18). The molecular formula is C15H28N2O2. The van der Waals surface area contributed by atoms with Gasteiger partial charge in [0.15, 0.2) is 0 Å². The van der Waals surface area contributed by atoms with Gasteiger partial charge in [-0.15, -0.1) is 0 Å². The Balaban J connectivity index is 2.74. The molecule has 1 aliphatic rings. The lowest BCUT2D eigenvalue weighted by molar-refractivity contribution is -0.134. The molecule has 110 valence electrons. The van der Waals surface area contributed by atoms with Crippen molar-refractivity contribution in [1.82, 2.24) is 10.2 Å². The van der Waals surface area contributed by atoms with Crippen LogP contribution in [0.25, 0.3) is 0 Å². The Morgan fingerprint density at radius 2 is 1.84 bits per heavy atom. The van der Waals surface area contributed by atoms with E-state index < -0.39 is 0 Å². The van der Waals surface area contributed by atoms with Crippen LogP contribution in [0.3, 0.4) is 0 Å². The molecule has 0 aromatic heterocycles. The Morgan fingerprint density at radius 1 is 1.21 bits per heavy atom. The molecule has 0 aromatic rings. The van der Waals surface area contributed by atoms with E-state index in [4.69, 9.17) is 0 Å². The number of amides is 2. The maximum absolute atomic E-state index is 12.5. The summed E-state index contributed by atoms with van der Waals surface area (Å²) in [4.78, 5) is 26.1. The van der Waals surface area contributed by atoms with Gasteiger partial charge in [0.25, 0.3) is 0 Å². The second-order valence-corrected chi connectivity index (χ2v) is 6.51. The number of carbonyl (C=O) groups is 2. The predicted octanol–water partition coefficient (Wildman–Crippen LogP) is 2.04. The molecular weight excluding hydrogens is 240 g/mol. The van der Waals surface area contributed by atoms with E-state index in [0.29, 0.717) is 30.7 Å². The van der Waals surface area contributed by atoms with Crippen LogP contribution >= 0.6 is 0 Å². The van der Waals surface area contributed by atoms with Crippen LogP contribution in [-0.4, -0.2) is 35.8 Å². The Bertz CT molecular complexity index is 326. The first-order valence-corrected chi connectivity index (χ1v) is 7.39.